The van der Waals surface area contributed by atoms with Crippen molar-refractivity contribution in [2.45, 2.75) is 0 Å². The van der Waals surface area contributed by atoms with E-state index >= 15 is 9.59 Å². The molecule has 9 aromatic rings. The van der Waals surface area contributed by atoms with E-state index in [0.717, 1.165) is 42.4 Å². The molecule has 9 rings (SSSR count). The normalized spacial score (nSPS) is 12.6. The van der Waals surface area contributed by atoms with Gasteiger partial charge in [0.05, 0.1) is 0 Å². The molecule has 0 atom stereocenters. The topological polar surface area (TPSA) is 61.8 Å². The van der Waals surface area contributed by atoms with E-state index in [1.165, 1.54) is 7.11 Å². The van der Waals surface area contributed by atoms with E-state index in [1.807, 2.05) is 243 Å². The maximum atomic E-state index is 16.0. The minimum atomic E-state index is -4.54. The van der Waals surface area contributed by atoms with Crippen molar-refractivity contribution in [2.75, 3.05) is 7.11 Å². The van der Waals surface area contributed by atoms with Crippen LogP contribution in [0.5, 0.6) is 5.75 Å². The Labute approximate surface area is 374 Å². The zero-order chi connectivity index (χ0) is 43.9. The molecule has 7 heteroatoms. The zero-order valence-corrected chi connectivity index (χ0v) is 37.1. The summed E-state index contributed by atoms with van der Waals surface area (Å²) >= 11 is 0. The molecule has 0 bridgehead atoms. The summed E-state index contributed by atoms with van der Waals surface area (Å²) in [4.78, 5) is 32.0. The number of rotatable bonds is 13. The SMILES string of the molecule is COc1ccc(C(=O)OP(c2ccccc2)(c2ccccc2)(c2ccccc2)c2ccccc2)c(C(=O)OP(c2ccccc2)(c2ccccc2)(c2ccccc2)c2ccccc2)c1. The van der Waals surface area contributed by atoms with Gasteiger partial charge in [0, 0.05) is 0 Å². The van der Waals surface area contributed by atoms with Gasteiger partial charge in [0.15, 0.2) is 0 Å². The third-order valence-electron chi connectivity index (χ3n) is 12.2. The van der Waals surface area contributed by atoms with Crippen LogP contribution in [0.15, 0.2) is 261 Å². The molecule has 0 aliphatic carbocycles. The van der Waals surface area contributed by atoms with E-state index in [4.69, 9.17) is 13.8 Å². The fraction of sp³-hybridized carbons (Fsp3) is 0.0175. The molecule has 0 aliphatic heterocycles. The van der Waals surface area contributed by atoms with Crippen molar-refractivity contribution >= 4 is 68.0 Å². The molecule has 5 nitrogen and oxygen atoms in total. The first-order valence-electron chi connectivity index (χ1n) is 21.1. The Morgan fingerprint density at radius 1 is 0.297 bits per heavy atom. The second-order valence-electron chi connectivity index (χ2n) is 15.4. The summed E-state index contributed by atoms with van der Waals surface area (Å²) in [5.74, 6) is -1.05. The van der Waals surface area contributed by atoms with Gasteiger partial charge in [-0.2, -0.15) is 0 Å². The summed E-state index contributed by atoms with van der Waals surface area (Å²) in [6.07, 6.45) is 0. The Morgan fingerprint density at radius 3 is 0.734 bits per heavy atom. The third kappa shape index (κ3) is 6.47. The van der Waals surface area contributed by atoms with Crippen molar-refractivity contribution in [1.29, 1.82) is 0 Å². The van der Waals surface area contributed by atoms with Crippen LogP contribution in [0.2, 0.25) is 0 Å². The Morgan fingerprint density at radius 2 is 0.516 bits per heavy atom. The number of hydrogen-bond donors (Lipinski definition) is 0. The molecule has 0 heterocycles. The molecule has 0 unspecified atom stereocenters. The summed E-state index contributed by atoms with van der Waals surface area (Å²) in [7, 11) is 1.53. The van der Waals surface area contributed by atoms with Gasteiger partial charge in [-0.15, -0.1) is 0 Å². The van der Waals surface area contributed by atoms with Crippen LogP contribution in [0.4, 0.5) is 0 Å². The summed E-state index contributed by atoms with van der Waals surface area (Å²) in [6, 6.07) is 84.6. The van der Waals surface area contributed by atoms with Gasteiger partial charge in [-0.25, -0.2) is 0 Å². The third-order valence-corrected chi connectivity index (χ3v) is 23.5. The Hall–Kier alpha value is -7.42. The molecule has 0 aromatic heterocycles. The molecule has 0 amide bonds. The van der Waals surface area contributed by atoms with Crippen molar-refractivity contribution in [3.05, 3.63) is 272 Å². The van der Waals surface area contributed by atoms with Gasteiger partial charge < -0.3 is 0 Å². The maximum absolute atomic E-state index is 16.0. The van der Waals surface area contributed by atoms with E-state index in [9.17, 15) is 0 Å². The second kappa shape index (κ2) is 17.4. The van der Waals surface area contributed by atoms with Crippen LogP contribution in [0.25, 0.3) is 0 Å². The fourth-order valence-electron chi connectivity index (χ4n) is 9.34. The van der Waals surface area contributed by atoms with Gasteiger partial charge in [-0.05, 0) is 0 Å². The number of methoxy groups -OCH3 is 1. The molecular formula is C57H46O5P2. The van der Waals surface area contributed by atoms with Gasteiger partial charge >= 0.3 is 376 Å². The predicted octanol–water partition coefficient (Wildman–Crippen LogP) is 9.55. The molecule has 0 N–H and O–H groups in total. The van der Waals surface area contributed by atoms with E-state index in [1.54, 1.807) is 18.2 Å². The standard InChI is InChI=1S/C57H46O5P2/c1-60-45-42-43-54(56(58)61-63(46-26-10-2-11-27-46,47-28-12-3-13-29-47,48-30-14-4-15-31-48)49-32-16-5-17-33-49)55(44-45)57(59)62-64(50-34-18-6-19-35-50,51-36-20-7-21-37-51,52-38-22-8-23-39-52)53-40-24-9-25-41-53/h2-44H,1H3. The van der Waals surface area contributed by atoms with E-state index in [2.05, 4.69) is 0 Å². The monoisotopic (exact) mass is 872 g/mol. The van der Waals surface area contributed by atoms with Crippen LogP contribution in [0.3, 0.4) is 0 Å². The summed E-state index contributed by atoms with van der Waals surface area (Å²) in [5, 5.41) is 6.49. The summed E-state index contributed by atoms with van der Waals surface area (Å²) < 4.78 is 20.9. The quantitative estimate of drug-likeness (QED) is 0.108. The van der Waals surface area contributed by atoms with Crippen LogP contribution < -0.4 is 47.2 Å². The average molecular weight is 873 g/mol. The Balaban J connectivity index is 1.34. The van der Waals surface area contributed by atoms with Crippen molar-refractivity contribution in [3.8, 4) is 5.75 Å². The molecule has 0 saturated carbocycles. The molecule has 314 valence electrons. The molecule has 0 saturated heterocycles. The van der Waals surface area contributed by atoms with Gasteiger partial charge in [0.25, 0.3) is 0 Å². The first kappa shape index (κ1) is 41.9. The van der Waals surface area contributed by atoms with Gasteiger partial charge in [-0.3, -0.25) is 0 Å². The number of benzene rings is 9. The first-order chi connectivity index (χ1) is 31.4. The van der Waals surface area contributed by atoms with Gasteiger partial charge in [0.2, 0.25) is 0 Å². The van der Waals surface area contributed by atoms with Crippen LogP contribution in [0, 0.1) is 0 Å². The zero-order valence-electron chi connectivity index (χ0n) is 35.3. The molecular weight excluding hydrogens is 827 g/mol. The van der Waals surface area contributed by atoms with Crippen molar-refractivity contribution in [3.63, 3.8) is 0 Å². The van der Waals surface area contributed by atoms with Gasteiger partial charge in [-0.1, -0.05) is 0 Å². The molecule has 0 aliphatic rings. The van der Waals surface area contributed by atoms with Crippen molar-refractivity contribution in [1.82, 2.24) is 0 Å². The molecule has 64 heavy (non-hydrogen) atoms. The fourth-order valence-corrected chi connectivity index (χ4v) is 20.5. The second-order valence-corrected chi connectivity index (χ2v) is 24.1. The molecule has 0 radical (unpaired) electrons. The molecule has 0 spiro atoms. The van der Waals surface area contributed by atoms with E-state index in [-0.39, 0.29) is 11.1 Å². The van der Waals surface area contributed by atoms with Crippen LogP contribution >= 0.6 is 13.7 Å². The Bertz CT molecular complexity index is 2670. The van der Waals surface area contributed by atoms with Gasteiger partial charge in [0.1, 0.15) is 0 Å². The number of carbonyl (C=O) groups is 2. The first-order valence-corrected chi connectivity index (χ1v) is 25.4. The molecule has 9 aromatic carbocycles. The summed E-state index contributed by atoms with van der Waals surface area (Å²) in [5.41, 5.74) is 0.0216. The molecule has 0 fully saturated rings. The minimum absolute atomic E-state index is 0.00377. The predicted molar refractivity (Wildman–Crippen MR) is 266 cm³/mol. The number of carbonyl (C=O) groups excluding carboxylic acids is 2. The Kier molecular flexibility index (Phi) is 11.4. The van der Waals surface area contributed by atoms with Crippen LogP contribution in [-0.2, 0) is 9.05 Å². The van der Waals surface area contributed by atoms with E-state index in [0.29, 0.717) is 5.75 Å². The average Bonchev–Trinajstić information content (AvgIpc) is 3.39. The number of ether oxygens (including phenoxy) is 1. The van der Waals surface area contributed by atoms with Crippen LogP contribution in [-0.4, -0.2) is 19.0 Å². The summed E-state index contributed by atoms with van der Waals surface area (Å²) in [6.45, 7) is -9.06. The number of hydrogen-bond acceptors (Lipinski definition) is 5. The van der Waals surface area contributed by atoms with Crippen molar-refractivity contribution < 1.29 is 23.4 Å². The van der Waals surface area contributed by atoms with Crippen LogP contribution in [0.1, 0.15) is 20.7 Å². The van der Waals surface area contributed by atoms with E-state index < -0.39 is 25.6 Å². The van der Waals surface area contributed by atoms with Crippen molar-refractivity contribution in [2.24, 2.45) is 0 Å².